The van der Waals surface area contributed by atoms with Crippen LogP contribution >= 0.6 is 0 Å². The highest BCUT2D eigenvalue weighted by Crippen LogP contribution is 2.21. The second kappa shape index (κ2) is 8.03. The molecule has 0 saturated heterocycles. The first kappa shape index (κ1) is 19.1. The van der Waals surface area contributed by atoms with Gasteiger partial charge in [-0.25, -0.2) is 9.18 Å². The number of carbonyl (C=O) groups excluding carboxylic acids is 2. The van der Waals surface area contributed by atoms with E-state index in [4.69, 9.17) is 4.74 Å². The van der Waals surface area contributed by atoms with E-state index in [0.717, 1.165) is 12.1 Å². The zero-order chi connectivity index (χ0) is 17.6. The molecule has 7 heteroatoms. The molecular formula is C16H22FNO5. The van der Waals surface area contributed by atoms with Gasteiger partial charge >= 0.3 is 6.09 Å². The first-order chi connectivity index (χ1) is 10.6. The van der Waals surface area contributed by atoms with Crippen LogP contribution in [0.2, 0.25) is 0 Å². The van der Waals surface area contributed by atoms with Gasteiger partial charge in [0.25, 0.3) is 0 Å². The number of nitrogens with one attached hydrogen (secondary N) is 1. The van der Waals surface area contributed by atoms with Gasteiger partial charge in [0.1, 0.15) is 23.8 Å². The largest absolute Gasteiger partial charge is 0.444 e. The zero-order valence-electron chi connectivity index (χ0n) is 13.4. The molecule has 1 rings (SSSR count). The second-order valence-electron chi connectivity index (χ2n) is 6.17. The molecule has 0 heterocycles. The lowest BCUT2D eigenvalue weighted by atomic mass is 10.00. The van der Waals surface area contributed by atoms with Crippen LogP contribution in [0.1, 0.15) is 49.2 Å². The van der Waals surface area contributed by atoms with E-state index in [1.165, 1.54) is 6.07 Å². The molecule has 23 heavy (non-hydrogen) atoms. The molecule has 0 saturated carbocycles. The first-order valence-electron chi connectivity index (χ1n) is 7.21. The number of amides is 1. The van der Waals surface area contributed by atoms with E-state index >= 15 is 0 Å². The Labute approximate surface area is 134 Å². The van der Waals surface area contributed by atoms with E-state index < -0.39 is 29.7 Å². The summed E-state index contributed by atoms with van der Waals surface area (Å²) < 4.78 is 18.4. The van der Waals surface area contributed by atoms with Crippen LogP contribution in [0.3, 0.4) is 0 Å². The van der Waals surface area contributed by atoms with Gasteiger partial charge in [-0.05, 0) is 51.0 Å². The van der Waals surface area contributed by atoms with Gasteiger partial charge in [-0.1, -0.05) is 0 Å². The van der Waals surface area contributed by atoms with Crippen LogP contribution in [-0.4, -0.2) is 40.8 Å². The molecule has 1 amide bonds. The van der Waals surface area contributed by atoms with Crippen molar-refractivity contribution in [1.29, 1.82) is 0 Å². The number of hydrogen-bond donors (Lipinski definition) is 3. The standard InChI is InChI=1S/C16H22FNO5/c1-16(2,3)23-15(22)18-5-4-13(20)14(21)11-6-10(9-19)7-12(17)8-11/h6-9,13-14,20-21H,4-5H2,1-3H3,(H,18,22). The molecule has 1 aromatic carbocycles. The second-order valence-corrected chi connectivity index (χ2v) is 6.17. The Hall–Kier alpha value is -1.99. The Balaban J connectivity index is 2.54. The van der Waals surface area contributed by atoms with Crippen LogP contribution < -0.4 is 5.32 Å². The first-order valence-corrected chi connectivity index (χ1v) is 7.21. The SMILES string of the molecule is CC(C)(C)OC(=O)NCCC(O)C(O)c1cc(F)cc(C=O)c1. The van der Waals surface area contributed by atoms with Crippen LogP contribution in [-0.2, 0) is 4.74 Å². The number of hydrogen-bond acceptors (Lipinski definition) is 5. The number of aldehydes is 1. The Kier molecular flexibility index (Phi) is 6.65. The van der Waals surface area contributed by atoms with Crippen molar-refractivity contribution in [2.45, 2.75) is 45.0 Å². The van der Waals surface area contributed by atoms with Crippen molar-refractivity contribution >= 4 is 12.4 Å². The van der Waals surface area contributed by atoms with Gasteiger partial charge in [0.15, 0.2) is 0 Å². The van der Waals surface area contributed by atoms with Crippen molar-refractivity contribution in [1.82, 2.24) is 5.32 Å². The van der Waals surface area contributed by atoms with Gasteiger partial charge in [0, 0.05) is 12.1 Å². The summed E-state index contributed by atoms with van der Waals surface area (Å²) in [4.78, 5) is 22.1. The summed E-state index contributed by atoms with van der Waals surface area (Å²) in [7, 11) is 0. The average molecular weight is 327 g/mol. The van der Waals surface area contributed by atoms with E-state index in [1.54, 1.807) is 20.8 Å². The molecule has 0 aromatic heterocycles. The number of aliphatic hydroxyl groups is 2. The fourth-order valence-corrected chi connectivity index (χ4v) is 1.89. The van der Waals surface area contributed by atoms with Crippen molar-refractivity contribution < 1.29 is 28.9 Å². The minimum Gasteiger partial charge on any atom is -0.444 e. The summed E-state index contributed by atoms with van der Waals surface area (Å²) in [5.41, 5.74) is -0.468. The molecule has 0 aliphatic heterocycles. The van der Waals surface area contributed by atoms with E-state index in [1.807, 2.05) is 0 Å². The zero-order valence-corrected chi connectivity index (χ0v) is 13.4. The molecule has 0 spiro atoms. The fraction of sp³-hybridized carbons (Fsp3) is 0.500. The molecular weight excluding hydrogens is 305 g/mol. The summed E-state index contributed by atoms with van der Waals surface area (Å²) >= 11 is 0. The van der Waals surface area contributed by atoms with E-state index in [-0.39, 0.29) is 24.1 Å². The molecule has 6 nitrogen and oxygen atoms in total. The van der Waals surface area contributed by atoms with E-state index in [0.29, 0.717) is 6.29 Å². The summed E-state index contributed by atoms with van der Waals surface area (Å²) in [6.07, 6.45) is -2.74. The maximum Gasteiger partial charge on any atom is 0.407 e. The Bertz CT molecular complexity index is 556. The third-order valence-corrected chi connectivity index (χ3v) is 2.89. The predicted octanol–water partition coefficient (Wildman–Crippen LogP) is 1.95. The molecule has 3 N–H and O–H groups in total. The quantitative estimate of drug-likeness (QED) is 0.694. The number of alkyl carbamates (subject to hydrolysis) is 1. The molecule has 128 valence electrons. The van der Waals surface area contributed by atoms with Crippen molar-refractivity contribution in [3.63, 3.8) is 0 Å². The lowest BCUT2D eigenvalue weighted by molar-refractivity contribution is 0.0121. The minimum absolute atomic E-state index is 0.0351. The predicted molar refractivity (Wildman–Crippen MR) is 81.6 cm³/mol. The van der Waals surface area contributed by atoms with Crippen molar-refractivity contribution in [2.24, 2.45) is 0 Å². The molecule has 0 aliphatic rings. The third kappa shape index (κ3) is 6.75. The Morgan fingerprint density at radius 2 is 2.00 bits per heavy atom. The maximum atomic E-state index is 13.3. The van der Waals surface area contributed by atoms with E-state index in [9.17, 15) is 24.2 Å². The minimum atomic E-state index is -1.37. The van der Waals surface area contributed by atoms with Gasteiger partial charge < -0.3 is 20.3 Å². The third-order valence-electron chi connectivity index (χ3n) is 2.89. The lowest BCUT2D eigenvalue weighted by Gasteiger charge is -2.21. The number of aliphatic hydroxyl groups excluding tert-OH is 2. The monoisotopic (exact) mass is 327 g/mol. The molecule has 0 radical (unpaired) electrons. The number of rotatable bonds is 6. The molecule has 0 bridgehead atoms. The Morgan fingerprint density at radius 3 is 2.57 bits per heavy atom. The van der Waals surface area contributed by atoms with Gasteiger partial charge in [0.05, 0.1) is 6.10 Å². The highest BCUT2D eigenvalue weighted by Gasteiger charge is 2.21. The Morgan fingerprint density at radius 1 is 1.35 bits per heavy atom. The van der Waals surface area contributed by atoms with Gasteiger partial charge in [-0.2, -0.15) is 0 Å². The normalized spacial score (nSPS) is 14.0. The number of halogens is 1. The van der Waals surface area contributed by atoms with Crippen LogP contribution in [0.5, 0.6) is 0 Å². The van der Waals surface area contributed by atoms with E-state index in [2.05, 4.69) is 5.32 Å². The lowest BCUT2D eigenvalue weighted by Crippen LogP contribution is -2.34. The van der Waals surface area contributed by atoms with Crippen LogP contribution in [0, 0.1) is 5.82 Å². The molecule has 1 aromatic rings. The number of ether oxygens (including phenoxy) is 1. The summed E-state index contributed by atoms with van der Waals surface area (Å²) in [6.45, 7) is 5.24. The smallest absolute Gasteiger partial charge is 0.407 e. The van der Waals surface area contributed by atoms with Crippen LogP contribution in [0.4, 0.5) is 9.18 Å². The maximum absolute atomic E-state index is 13.3. The highest BCUT2D eigenvalue weighted by molar-refractivity contribution is 5.75. The van der Waals surface area contributed by atoms with Crippen molar-refractivity contribution in [2.75, 3.05) is 6.54 Å². The summed E-state index contributed by atoms with van der Waals surface area (Å²) in [6, 6.07) is 3.37. The van der Waals surface area contributed by atoms with Gasteiger partial charge in [0.2, 0.25) is 0 Å². The topological polar surface area (TPSA) is 95.9 Å². The summed E-state index contributed by atoms with van der Waals surface area (Å²) in [5, 5.41) is 22.4. The number of benzene rings is 1. The molecule has 2 atom stereocenters. The van der Waals surface area contributed by atoms with Crippen molar-refractivity contribution in [3.8, 4) is 0 Å². The molecule has 0 fully saturated rings. The van der Waals surface area contributed by atoms with Crippen LogP contribution in [0.15, 0.2) is 18.2 Å². The highest BCUT2D eigenvalue weighted by atomic mass is 19.1. The fourth-order valence-electron chi connectivity index (χ4n) is 1.89. The molecule has 2 unspecified atom stereocenters. The van der Waals surface area contributed by atoms with Crippen LogP contribution in [0.25, 0.3) is 0 Å². The van der Waals surface area contributed by atoms with Crippen molar-refractivity contribution in [3.05, 3.63) is 35.1 Å². The van der Waals surface area contributed by atoms with Gasteiger partial charge in [-0.15, -0.1) is 0 Å². The summed E-state index contributed by atoms with van der Waals surface area (Å²) in [5.74, 6) is -0.678. The average Bonchev–Trinajstić information content (AvgIpc) is 2.43. The number of carbonyl (C=O) groups is 2. The van der Waals surface area contributed by atoms with Gasteiger partial charge in [-0.3, -0.25) is 4.79 Å². The molecule has 0 aliphatic carbocycles.